The van der Waals surface area contributed by atoms with Crippen LogP contribution in [0.25, 0.3) is 0 Å². The van der Waals surface area contributed by atoms with Crippen LogP contribution in [0, 0.1) is 30.1 Å². The van der Waals surface area contributed by atoms with Gasteiger partial charge in [0.25, 0.3) is 5.91 Å². The van der Waals surface area contributed by atoms with Crippen LogP contribution in [0.1, 0.15) is 90.7 Å². The van der Waals surface area contributed by atoms with Crippen LogP contribution < -0.4 is 10.1 Å². The van der Waals surface area contributed by atoms with Gasteiger partial charge in [-0.3, -0.25) is 19.2 Å². The molecule has 1 fully saturated rings. The van der Waals surface area contributed by atoms with Gasteiger partial charge in [0.15, 0.2) is 23.6 Å². The first-order valence-electron chi connectivity index (χ1n) is 14.1. The maximum Gasteiger partial charge on any atom is 0.332 e. The molecule has 2 rings (SSSR count). The summed E-state index contributed by atoms with van der Waals surface area (Å²) in [5.41, 5.74) is 0.331. The molecule has 0 saturated carbocycles. The van der Waals surface area contributed by atoms with Gasteiger partial charge in [0.2, 0.25) is 0 Å². The number of hydrogen-bond acceptors (Lipinski definition) is 10. The third-order valence-electron chi connectivity index (χ3n) is 6.62. The highest BCUT2D eigenvalue weighted by molar-refractivity contribution is 5.98. The van der Waals surface area contributed by atoms with Crippen molar-refractivity contribution in [2.24, 2.45) is 23.2 Å². The van der Waals surface area contributed by atoms with Crippen LogP contribution in [0.4, 0.5) is 0 Å². The first kappa shape index (κ1) is 33.7. The number of nitrogens with zero attached hydrogens (tertiary/aromatic N) is 1. The van der Waals surface area contributed by atoms with Crippen LogP contribution in [0.5, 0.6) is 5.75 Å². The van der Waals surface area contributed by atoms with Crippen LogP contribution in [-0.2, 0) is 33.4 Å². The molecule has 2 heterocycles. The van der Waals surface area contributed by atoms with Gasteiger partial charge in [0.05, 0.1) is 11.8 Å². The molecule has 5 atom stereocenters. The van der Waals surface area contributed by atoms with E-state index in [4.69, 9.17) is 18.9 Å². The number of rotatable bonds is 9. The molecule has 0 radical (unpaired) electrons. The summed E-state index contributed by atoms with van der Waals surface area (Å²) < 4.78 is 22.0. The number of nitrogens with one attached hydrogen (secondary N) is 1. The van der Waals surface area contributed by atoms with Gasteiger partial charge in [0.1, 0.15) is 12.7 Å². The molecular formula is C30H44N2O9. The fourth-order valence-corrected chi connectivity index (χ4v) is 4.70. The Morgan fingerprint density at radius 3 is 2.39 bits per heavy atom. The molecule has 0 spiro atoms. The van der Waals surface area contributed by atoms with Crippen molar-refractivity contribution in [2.45, 2.75) is 99.8 Å². The van der Waals surface area contributed by atoms with E-state index in [-0.39, 0.29) is 35.6 Å². The number of amides is 1. The normalized spacial score (nSPS) is 22.4. The third-order valence-corrected chi connectivity index (χ3v) is 6.62. The lowest BCUT2D eigenvalue weighted by molar-refractivity contribution is -0.176. The molecule has 1 aromatic rings. The summed E-state index contributed by atoms with van der Waals surface area (Å²) >= 11 is 0. The van der Waals surface area contributed by atoms with Gasteiger partial charge >= 0.3 is 23.9 Å². The van der Waals surface area contributed by atoms with Crippen molar-refractivity contribution >= 4 is 29.8 Å². The third kappa shape index (κ3) is 9.82. The summed E-state index contributed by atoms with van der Waals surface area (Å²) in [4.78, 5) is 68.4. The molecule has 1 aromatic heterocycles. The van der Waals surface area contributed by atoms with Gasteiger partial charge in [-0.1, -0.05) is 48.5 Å². The zero-order valence-corrected chi connectivity index (χ0v) is 25.6. The summed E-state index contributed by atoms with van der Waals surface area (Å²) in [5, 5.41) is 2.49. The summed E-state index contributed by atoms with van der Waals surface area (Å²) in [5.74, 6) is -4.76. The number of carbonyl (C=O) groups excluding carboxylic acids is 5. The minimum atomic E-state index is -1.39. The molecule has 11 nitrogen and oxygen atoms in total. The number of pyridine rings is 1. The quantitative estimate of drug-likeness (QED) is 0.339. The number of ether oxygens (including phenoxy) is 4. The van der Waals surface area contributed by atoms with E-state index in [1.165, 1.54) is 13.1 Å². The topological polar surface area (TPSA) is 147 Å². The molecule has 0 aliphatic carbocycles. The number of carbonyl (C=O) groups is 5. The van der Waals surface area contributed by atoms with Crippen LogP contribution >= 0.6 is 0 Å². The Kier molecular flexibility index (Phi) is 11.8. The Morgan fingerprint density at radius 2 is 1.80 bits per heavy atom. The van der Waals surface area contributed by atoms with E-state index in [0.29, 0.717) is 5.56 Å². The second-order valence-electron chi connectivity index (χ2n) is 12.2. The van der Waals surface area contributed by atoms with Crippen molar-refractivity contribution in [1.29, 1.82) is 0 Å². The summed E-state index contributed by atoms with van der Waals surface area (Å²) in [6, 6.07) is 0.211. The smallest absolute Gasteiger partial charge is 0.332 e. The number of aromatic nitrogens is 1. The largest absolute Gasteiger partial charge is 0.463 e. The van der Waals surface area contributed by atoms with E-state index in [0.717, 1.165) is 6.42 Å². The van der Waals surface area contributed by atoms with Gasteiger partial charge in [-0.25, -0.2) is 9.78 Å². The van der Waals surface area contributed by atoms with Crippen molar-refractivity contribution in [2.75, 3.05) is 6.61 Å². The SMILES string of the molecule is CC[C@H]1C(=O)OC[C@H](NC(=O)c2nccc(C)c2OC(=O)CC(C)CC(C)(C)C)C(=O)O[C@@H](C)[C@@H]1OC(=O)C(C)C. The molecule has 1 saturated heterocycles. The summed E-state index contributed by atoms with van der Waals surface area (Å²) in [7, 11) is 0. The lowest BCUT2D eigenvalue weighted by Crippen LogP contribution is -2.47. The van der Waals surface area contributed by atoms with E-state index in [1.54, 1.807) is 33.8 Å². The van der Waals surface area contributed by atoms with Gasteiger partial charge in [-0.15, -0.1) is 0 Å². The van der Waals surface area contributed by atoms with Crippen LogP contribution in [-0.4, -0.2) is 59.6 Å². The lowest BCUT2D eigenvalue weighted by Gasteiger charge is -2.29. The Morgan fingerprint density at radius 1 is 1.15 bits per heavy atom. The highest BCUT2D eigenvalue weighted by Crippen LogP contribution is 2.28. The van der Waals surface area contributed by atoms with Gasteiger partial charge in [0, 0.05) is 12.6 Å². The first-order valence-corrected chi connectivity index (χ1v) is 14.1. The summed E-state index contributed by atoms with van der Waals surface area (Å²) in [6.45, 7) is 15.9. The number of cyclic esters (lactones) is 2. The molecule has 0 aromatic carbocycles. The highest BCUT2D eigenvalue weighted by Gasteiger charge is 2.41. The fourth-order valence-electron chi connectivity index (χ4n) is 4.70. The second-order valence-corrected chi connectivity index (χ2v) is 12.2. The highest BCUT2D eigenvalue weighted by atomic mass is 16.6. The van der Waals surface area contributed by atoms with Gasteiger partial charge < -0.3 is 24.3 Å². The van der Waals surface area contributed by atoms with E-state index in [2.05, 4.69) is 31.1 Å². The Bertz CT molecular complexity index is 1130. The minimum Gasteiger partial charge on any atom is -0.463 e. The van der Waals surface area contributed by atoms with Crippen molar-refractivity contribution in [3.05, 3.63) is 23.5 Å². The van der Waals surface area contributed by atoms with Crippen molar-refractivity contribution < 1.29 is 42.9 Å². The van der Waals surface area contributed by atoms with Crippen molar-refractivity contribution in [3.8, 4) is 5.75 Å². The first-order chi connectivity index (χ1) is 19.0. The minimum absolute atomic E-state index is 0.0218. The molecule has 11 heteroatoms. The Labute approximate surface area is 242 Å². The zero-order valence-electron chi connectivity index (χ0n) is 25.6. The molecule has 1 amide bonds. The van der Waals surface area contributed by atoms with E-state index < -0.39 is 66.5 Å². The van der Waals surface area contributed by atoms with Crippen molar-refractivity contribution in [3.63, 3.8) is 0 Å². The van der Waals surface area contributed by atoms with Gasteiger partial charge in [-0.05, 0) is 49.7 Å². The molecule has 1 aliphatic heterocycles. The predicted octanol–water partition coefficient (Wildman–Crippen LogP) is 3.94. The zero-order chi connectivity index (χ0) is 31.1. The standard InChI is InChI=1S/C30H44N2O9/c1-10-20-25(41-27(35)16(2)3)19(6)39-29(37)21(15-38-28(20)36)32-26(34)23-24(18(5)11-12-31-23)40-22(33)13-17(4)14-30(7,8)9/h11-12,16-17,19-21,25H,10,13-15H2,1-9H3,(H,32,34)/t17?,19-,20+,21-,25-/m0/s1. The Balaban J connectivity index is 2.24. The second kappa shape index (κ2) is 14.4. The molecule has 228 valence electrons. The van der Waals surface area contributed by atoms with E-state index in [1.807, 2.05) is 6.92 Å². The molecule has 0 bridgehead atoms. The van der Waals surface area contributed by atoms with Crippen LogP contribution in [0.2, 0.25) is 0 Å². The molecule has 1 aliphatic rings. The molecular weight excluding hydrogens is 532 g/mol. The maximum absolute atomic E-state index is 13.3. The number of hydrogen-bond donors (Lipinski definition) is 1. The van der Waals surface area contributed by atoms with E-state index >= 15 is 0 Å². The molecule has 1 N–H and O–H groups in total. The van der Waals surface area contributed by atoms with Crippen LogP contribution in [0.15, 0.2) is 12.3 Å². The van der Waals surface area contributed by atoms with Gasteiger partial charge in [-0.2, -0.15) is 0 Å². The Hall–Kier alpha value is -3.50. The van der Waals surface area contributed by atoms with E-state index in [9.17, 15) is 24.0 Å². The maximum atomic E-state index is 13.3. The van der Waals surface area contributed by atoms with Crippen LogP contribution in [0.3, 0.4) is 0 Å². The predicted molar refractivity (Wildman–Crippen MR) is 149 cm³/mol. The number of aryl methyl sites for hydroxylation is 1. The molecule has 1 unspecified atom stereocenters. The monoisotopic (exact) mass is 576 g/mol. The molecule has 41 heavy (non-hydrogen) atoms. The average Bonchev–Trinajstić information content (AvgIpc) is 2.88. The van der Waals surface area contributed by atoms with Crippen molar-refractivity contribution in [1.82, 2.24) is 10.3 Å². The fraction of sp³-hybridized carbons (Fsp3) is 0.667. The lowest BCUT2D eigenvalue weighted by atomic mass is 9.84. The summed E-state index contributed by atoms with van der Waals surface area (Å²) in [6.07, 6.45) is 0.543. The number of esters is 4. The average molecular weight is 577 g/mol.